The summed E-state index contributed by atoms with van der Waals surface area (Å²) in [6.45, 7) is 2.89. The van der Waals surface area contributed by atoms with E-state index >= 15 is 0 Å². The van der Waals surface area contributed by atoms with Gasteiger partial charge < -0.3 is 10.6 Å². The van der Waals surface area contributed by atoms with Gasteiger partial charge in [-0.2, -0.15) is 0 Å². The Bertz CT molecular complexity index is 584. The minimum atomic E-state index is -0.159. The second-order valence-corrected chi connectivity index (χ2v) is 5.23. The Hall–Kier alpha value is -2.36. The van der Waals surface area contributed by atoms with E-state index < -0.39 is 0 Å². The number of rotatable bonds is 7. The van der Waals surface area contributed by atoms with Gasteiger partial charge in [0, 0.05) is 30.1 Å². The van der Waals surface area contributed by atoms with Gasteiger partial charge in [-0.1, -0.05) is 50.5 Å². The maximum atomic E-state index is 12.0. The summed E-state index contributed by atoms with van der Waals surface area (Å²) in [4.78, 5) is 16.1. The van der Waals surface area contributed by atoms with Crippen LogP contribution in [0.4, 0.5) is 10.5 Å². The molecule has 2 amide bonds. The van der Waals surface area contributed by atoms with Crippen LogP contribution in [0.25, 0.3) is 11.1 Å². The number of anilines is 1. The molecule has 0 aliphatic rings. The lowest BCUT2D eigenvalue weighted by atomic mass is 10.1. The number of carbonyl (C=O) groups is 1. The molecule has 0 saturated carbocycles. The van der Waals surface area contributed by atoms with Gasteiger partial charge in [-0.05, 0) is 18.6 Å². The lowest BCUT2D eigenvalue weighted by Gasteiger charge is -2.12. The maximum absolute atomic E-state index is 12.0. The molecule has 0 unspecified atom stereocenters. The molecule has 0 atom stereocenters. The molecule has 0 fully saturated rings. The zero-order valence-corrected chi connectivity index (χ0v) is 13.0. The van der Waals surface area contributed by atoms with E-state index in [4.69, 9.17) is 0 Å². The lowest BCUT2D eigenvalue weighted by molar-refractivity contribution is 0.252. The van der Waals surface area contributed by atoms with Gasteiger partial charge in [-0.3, -0.25) is 4.98 Å². The average Bonchev–Trinajstić information content (AvgIpc) is 2.56. The number of carbonyl (C=O) groups excluding carboxylic acids is 1. The summed E-state index contributed by atoms with van der Waals surface area (Å²) in [6.07, 6.45) is 8.12. The van der Waals surface area contributed by atoms with Crippen LogP contribution in [0.1, 0.15) is 32.6 Å². The zero-order chi connectivity index (χ0) is 15.6. The van der Waals surface area contributed by atoms with E-state index in [0.29, 0.717) is 6.54 Å². The molecule has 0 aliphatic heterocycles. The van der Waals surface area contributed by atoms with E-state index in [1.54, 1.807) is 12.4 Å². The molecule has 2 N–H and O–H groups in total. The van der Waals surface area contributed by atoms with Crippen molar-refractivity contribution < 1.29 is 4.79 Å². The van der Waals surface area contributed by atoms with E-state index in [9.17, 15) is 4.79 Å². The third-order valence-corrected chi connectivity index (χ3v) is 3.46. The molecule has 1 aromatic heterocycles. The van der Waals surface area contributed by atoms with Crippen LogP contribution in [-0.4, -0.2) is 17.6 Å². The molecule has 0 spiro atoms. The summed E-state index contributed by atoms with van der Waals surface area (Å²) < 4.78 is 0. The van der Waals surface area contributed by atoms with Crippen LogP contribution in [0.15, 0.2) is 48.8 Å². The number of para-hydroxylation sites is 1. The molecular weight excluding hydrogens is 274 g/mol. The van der Waals surface area contributed by atoms with Gasteiger partial charge >= 0.3 is 6.03 Å². The Morgan fingerprint density at radius 3 is 2.73 bits per heavy atom. The van der Waals surface area contributed by atoms with Crippen molar-refractivity contribution in [2.24, 2.45) is 0 Å². The molecule has 1 aromatic carbocycles. The lowest BCUT2D eigenvalue weighted by Crippen LogP contribution is -2.29. The van der Waals surface area contributed by atoms with Crippen molar-refractivity contribution in [1.29, 1.82) is 0 Å². The smallest absolute Gasteiger partial charge is 0.319 e. The average molecular weight is 297 g/mol. The number of amides is 2. The second kappa shape index (κ2) is 8.82. The number of urea groups is 1. The van der Waals surface area contributed by atoms with Crippen LogP contribution < -0.4 is 10.6 Å². The molecule has 0 aliphatic carbocycles. The van der Waals surface area contributed by atoms with E-state index in [0.717, 1.165) is 29.7 Å². The summed E-state index contributed by atoms with van der Waals surface area (Å²) >= 11 is 0. The SMILES string of the molecule is CCCCCCNC(=O)Nc1ccccc1-c1cccnc1. The highest BCUT2D eigenvalue weighted by molar-refractivity contribution is 5.94. The Labute approximate surface area is 132 Å². The van der Waals surface area contributed by atoms with Crippen molar-refractivity contribution in [1.82, 2.24) is 10.3 Å². The van der Waals surface area contributed by atoms with Gasteiger partial charge in [-0.15, -0.1) is 0 Å². The van der Waals surface area contributed by atoms with Gasteiger partial charge in [0.25, 0.3) is 0 Å². The number of nitrogens with zero attached hydrogens (tertiary/aromatic N) is 1. The maximum Gasteiger partial charge on any atom is 0.319 e. The van der Waals surface area contributed by atoms with Crippen LogP contribution in [0.3, 0.4) is 0 Å². The van der Waals surface area contributed by atoms with E-state index in [2.05, 4.69) is 22.5 Å². The Balaban J connectivity index is 1.94. The number of pyridine rings is 1. The third kappa shape index (κ3) is 4.88. The molecular formula is C18H23N3O. The summed E-state index contributed by atoms with van der Waals surface area (Å²) in [5.41, 5.74) is 2.75. The molecule has 4 nitrogen and oxygen atoms in total. The van der Waals surface area contributed by atoms with Crippen LogP contribution in [0, 0.1) is 0 Å². The van der Waals surface area contributed by atoms with Gasteiger partial charge in [-0.25, -0.2) is 4.79 Å². The number of unbranched alkanes of at least 4 members (excludes halogenated alkanes) is 3. The normalized spacial score (nSPS) is 10.2. The van der Waals surface area contributed by atoms with Crippen molar-refractivity contribution in [2.45, 2.75) is 32.6 Å². The number of aromatic nitrogens is 1. The summed E-state index contributed by atoms with van der Waals surface area (Å²) in [5, 5.41) is 5.83. The third-order valence-electron chi connectivity index (χ3n) is 3.46. The van der Waals surface area contributed by atoms with Gasteiger partial charge in [0.05, 0.1) is 5.69 Å². The highest BCUT2D eigenvalue weighted by Crippen LogP contribution is 2.26. The largest absolute Gasteiger partial charge is 0.338 e. The minimum absolute atomic E-state index is 0.159. The molecule has 1 heterocycles. The Kier molecular flexibility index (Phi) is 6.42. The highest BCUT2D eigenvalue weighted by Gasteiger charge is 2.07. The molecule has 2 rings (SSSR count). The van der Waals surface area contributed by atoms with Crippen LogP contribution in [-0.2, 0) is 0 Å². The Morgan fingerprint density at radius 1 is 1.09 bits per heavy atom. The van der Waals surface area contributed by atoms with Crippen LogP contribution in [0.2, 0.25) is 0 Å². The first-order chi connectivity index (χ1) is 10.8. The molecule has 116 valence electrons. The van der Waals surface area contributed by atoms with Crippen molar-refractivity contribution >= 4 is 11.7 Å². The molecule has 0 bridgehead atoms. The fraction of sp³-hybridized carbons (Fsp3) is 0.333. The van der Waals surface area contributed by atoms with Crippen LogP contribution >= 0.6 is 0 Å². The number of nitrogens with one attached hydrogen (secondary N) is 2. The second-order valence-electron chi connectivity index (χ2n) is 5.23. The molecule has 0 radical (unpaired) electrons. The Morgan fingerprint density at radius 2 is 1.95 bits per heavy atom. The molecule has 4 heteroatoms. The van der Waals surface area contributed by atoms with Crippen molar-refractivity contribution in [3.63, 3.8) is 0 Å². The number of hydrogen-bond acceptors (Lipinski definition) is 2. The van der Waals surface area contributed by atoms with E-state index in [-0.39, 0.29) is 6.03 Å². The summed E-state index contributed by atoms with van der Waals surface area (Å²) in [6, 6.07) is 11.5. The quantitative estimate of drug-likeness (QED) is 0.742. The van der Waals surface area contributed by atoms with E-state index in [1.807, 2.05) is 36.4 Å². The van der Waals surface area contributed by atoms with Gasteiger partial charge in [0.2, 0.25) is 0 Å². The monoisotopic (exact) mass is 297 g/mol. The van der Waals surface area contributed by atoms with E-state index in [1.165, 1.54) is 12.8 Å². The highest BCUT2D eigenvalue weighted by atomic mass is 16.2. The first-order valence-corrected chi connectivity index (χ1v) is 7.85. The fourth-order valence-electron chi connectivity index (χ4n) is 2.29. The number of hydrogen-bond donors (Lipinski definition) is 2. The van der Waals surface area contributed by atoms with Gasteiger partial charge in [0.1, 0.15) is 0 Å². The molecule has 0 saturated heterocycles. The first-order valence-electron chi connectivity index (χ1n) is 7.85. The van der Waals surface area contributed by atoms with Gasteiger partial charge in [0.15, 0.2) is 0 Å². The molecule has 22 heavy (non-hydrogen) atoms. The predicted octanol–water partition coefficient (Wildman–Crippen LogP) is 4.45. The molecule has 2 aromatic rings. The van der Waals surface area contributed by atoms with Crippen molar-refractivity contribution in [3.05, 3.63) is 48.8 Å². The van der Waals surface area contributed by atoms with Crippen molar-refractivity contribution in [3.8, 4) is 11.1 Å². The fourth-order valence-corrected chi connectivity index (χ4v) is 2.29. The minimum Gasteiger partial charge on any atom is -0.338 e. The summed E-state index contributed by atoms with van der Waals surface area (Å²) in [7, 11) is 0. The predicted molar refractivity (Wildman–Crippen MR) is 90.8 cm³/mol. The standard InChI is InChI=1S/C18H23N3O/c1-2-3-4-7-13-20-18(22)21-17-11-6-5-10-16(17)15-9-8-12-19-14-15/h5-6,8-12,14H,2-4,7,13H2,1H3,(H2,20,21,22). The topological polar surface area (TPSA) is 54.0 Å². The number of benzene rings is 1. The van der Waals surface area contributed by atoms with Crippen molar-refractivity contribution in [2.75, 3.05) is 11.9 Å². The first kappa shape index (κ1) is 16.0. The zero-order valence-electron chi connectivity index (χ0n) is 13.0. The summed E-state index contributed by atoms with van der Waals surface area (Å²) in [5.74, 6) is 0. The van der Waals surface area contributed by atoms with Crippen LogP contribution in [0.5, 0.6) is 0 Å².